The average molecular weight is 289 g/mol. The number of aromatic amines is 1. The van der Waals surface area contributed by atoms with Gasteiger partial charge in [0.05, 0.1) is 11.1 Å². The van der Waals surface area contributed by atoms with Gasteiger partial charge in [-0.15, -0.1) is 0 Å². The molecule has 0 saturated heterocycles. The van der Waals surface area contributed by atoms with Gasteiger partial charge in [0.15, 0.2) is 0 Å². The van der Waals surface area contributed by atoms with E-state index in [0.29, 0.717) is 11.3 Å². The molecule has 0 radical (unpaired) electrons. The van der Waals surface area contributed by atoms with Crippen LogP contribution in [-0.2, 0) is 0 Å². The van der Waals surface area contributed by atoms with Crippen LogP contribution in [0.1, 0.15) is 10.4 Å². The molecule has 3 nitrogen and oxygen atoms in total. The molecule has 2 aromatic carbocycles. The smallest absolute Gasteiger partial charge is 0.257 e. The van der Waals surface area contributed by atoms with Crippen LogP contribution in [0.4, 0.5) is 10.1 Å². The fraction of sp³-hybridized carbons (Fsp3) is 0. The van der Waals surface area contributed by atoms with Crippen molar-refractivity contribution in [1.82, 2.24) is 4.98 Å². The van der Waals surface area contributed by atoms with Crippen molar-refractivity contribution in [1.29, 1.82) is 0 Å². The van der Waals surface area contributed by atoms with E-state index in [0.717, 1.165) is 10.9 Å². The predicted octanol–water partition coefficient (Wildman–Crippen LogP) is 4.21. The lowest BCUT2D eigenvalue weighted by Gasteiger charge is -2.07. The summed E-state index contributed by atoms with van der Waals surface area (Å²) < 4.78 is 13.2. The molecule has 0 saturated carbocycles. The number of fused-ring (bicyclic) bond motifs is 1. The van der Waals surface area contributed by atoms with Crippen molar-refractivity contribution in [2.45, 2.75) is 0 Å². The topological polar surface area (TPSA) is 44.9 Å². The second-order valence-electron chi connectivity index (χ2n) is 4.36. The molecule has 0 aliphatic carbocycles. The predicted molar refractivity (Wildman–Crippen MR) is 77.7 cm³/mol. The Bertz CT molecular complexity index is 777. The Kier molecular flexibility index (Phi) is 3.16. The molecular formula is C15H10ClFN2O. The molecule has 1 heterocycles. The number of H-pyrrole nitrogens is 1. The van der Waals surface area contributed by atoms with Gasteiger partial charge in [0, 0.05) is 22.3 Å². The highest BCUT2D eigenvalue weighted by Gasteiger charge is 2.11. The molecule has 0 aliphatic rings. The first-order valence-electron chi connectivity index (χ1n) is 5.97. The summed E-state index contributed by atoms with van der Waals surface area (Å²) in [7, 11) is 0. The number of hydrogen-bond donors (Lipinski definition) is 2. The number of anilines is 1. The zero-order valence-corrected chi connectivity index (χ0v) is 11.0. The number of aromatic nitrogens is 1. The fourth-order valence-electron chi connectivity index (χ4n) is 2.10. The zero-order chi connectivity index (χ0) is 14.1. The number of benzene rings is 2. The van der Waals surface area contributed by atoms with E-state index in [-0.39, 0.29) is 10.9 Å². The first-order valence-corrected chi connectivity index (χ1v) is 6.35. The quantitative estimate of drug-likeness (QED) is 0.729. The number of halogens is 2. The summed E-state index contributed by atoms with van der Waals surface area (Å²) in [6.07, 6.45) is 1.76. The Balaban J connectivity index is 1.95. The Hall–Kier alpha value is -2.33. The van der Waals surface area contributed by atoms with Crippen LogP contribution in [0.25, 0.3) is 10.9 Å². The van der Waals surface area contributed by atoms with Crippen LogP contribution in [0, 0.1) is 5.82 Å². The highest BCUT2D eigenvalue weighted by molar-refractivity contribution is 6.31. The summed E-state index contributed by atoms with van der Waals surface area (Å²) in [4.78, 5) is 15.3. The zero-order valence-electron chi connectivity index (χ0n) is 10.3. The summed E-state index contributed by atoms with van der Waals surface area (Å²) in [5.74, 6) is -0.814. The van der Waals surface area contributed by atoms with Crippen molar-refractivity contribution in [3.63, 3.8) is 0 Å². The summed E-state index contributed by atoms with van der Waals surface area (Å²) in [6.45, 7) is 0. The van der Waals surface area contributed by atoms with Crippen LogP contribution in [0.3, 0.4) is 0 Å². The number of carbonyl (C=O) groups is 1. The van der Waals surface area contributed by atoms with Crippen molar-refractivity contribution in [3.05, 3.63) is 65.1 Å². The Morgan fingerprint density at radius 2 is 2.05 bits per heavy atom. The van der Waals surface area contributed by atoms with E-state index in [1.165, 1.54) is 18.2 Å². The molecule has 5 heteroatoms. The lowest BCUT2D eigenvalue weighted by Crippen LogP contribution is -2.12. The van der Waals surface area contributed by atoms with Crippen molar-refractivity contribution < 1.29 is 9.18 Å². The second-order valence-corrected chi connectivity index (χ2v) is 4.80. The van der Waals surface area contributed by atoms with Crippen LogP contribution in [-0.4, -0.2) is 10.9 Å². The van der Waals surface area contributed by atoms with E-state index in [1.807, 2.05) is 12.1 Å². The van der Waals surface area contributed by atoms with Crippen LogP contribution >= 0.6 is 11.6 Å². The van der Waals surface area contributed by atoms with E-state index in [2.05, 4.69) is 10.3 Å². The molecule has 0 bridgehead atoms. The molecule has 3 rings (SSSR count). The summed E-state index contributed by atoms with van der Waals surface area (Å²) >= 11 is 5.76. The van der Waals surface area contributed by atoms with Gasteiger partial charge in [0.25, 0.3) is 5.91 Å². The van der Waals surface area contributed by atoms with E-state index in [1.54, 1.807) is 18.3 Å². The maximum Gasteiger partial charge on any atom is 0.257 e. The molecular weight excluding hydrogens is 279 g/mol. The van der Waals surface area contributed by atoms with Crippen molar-refractivity contribution in [3.8, 4) is 0 Å². The van der Waals surface area contributed by atoms with Gasteiger partial charge in [-0.25, -0.2) is 4.39 Å². The number of nitrogens with one attached hydrogen (secondary N) is 2. The van der Waals surface area contributed by atoms with Crippen molar-refractivity contribution in [2.75, 3.05) is 5.32 Å². The van der Waals surface area contributed by atoms with Gasteiger partial charge in [-0.2, -0.15) is 0 Å². The lowest BCUT2D eigenvalue weighted by atomic mass is 10.1. The van der Waals surface area contributed by atoms with Gasteiger partial charge >= 0.3 is 0 Å². The molecule has 0 aliphatic heterocycles. The van der Waals surface area contributed by atoms with Gasteiger partial charge in [-0.05, 0) is 30.3 Å². The third-order valence-electron chi connectivity index (χ3n) is 2.95. The van der Waals surface area contributed by atoms with Gasteiger partial charge < -0.3 is 10.3 Å². The molecule has 0 fully saturated rings. The minimum atomic E-state index is -0.495. The number of para-hydroxylation sites is 1. The number of amides is 1. The van der Waals surface area contributed by atoms with Crippen LogP contribution in [0.5, 0.6) is 0 Å². The minimum Gasteiger partial charge on any atom is -0.361 e. The number of hydrogen-bond acceptors (Lipinski definition) is 1. The Morgan fingerprint density at radius 1 is 1.20 bits per heavy atom. The first-order chi connectivity index (χ1) is 9.63. The van der Waals surface area contributed by atoms with Crippen LogP contribution < -0.4 is 5.32 Å². The van der Waals surface area contributed by atoms with Crippen molar-refractivity contribution >= 4 is 34.1 Å². The molecule has 20 heavy (non-hydrogen) atoms. The van der Waals surface area contributed by atoms with Crippen LogP contribution in [0.15, 0.2) is 48.7 Å². The third kappa shape index (κ3) is 2.38. The summed E-state index contributed by atoms with van der Waals surface area (Å²) in [6, 6.07) is 11.2. The first kappa shape index (κ1) is 12.7. The fourth-order valence-corrected chi connectivity index (χ4v) is 2.32. The molecule has 0 unspecified atom stereocenters. The minimum absolute atomic E-state index is 0.235. The molecule has 1 amide bonds. The Morgan fingerprint density at radius 3 is 2.85 bits per heavy atom. The SMILES string of the molecule is O=C(Nc1cc(F)cc(Cl)c1)c1cccc2cc[nH]c12. The molecule has 2 N–H and O–H groups in total. The standard InChI is InChI=1S/C15H10ClFN2O/c16-10-6-11(17)8-12(7-10)19-15(20)13-3-1-2-9-4-5-18-14(9)13/h1-8,18H,(H,19,20). The summed E-state index contributed by atoms with van der Waals surface area (Å²) in [5, 5.41) is 3.81. The highest BCUT2D eigenvalue weighted by Crippen LogP contribution is 2.21. The van der Waals surface area contributed by atoms with Crippen LogP contribution in [0.2, 0.25) is 5.02 Å². The maximum atomic E-state index is 13.2. The summed E-state index contributed by atoms with van der Waals surface area (Å²) in [5.41, 5.74) is 1.56. The molecule has 1 aromatic heterocycles. The van der Waals surface area contributed by atoms with Gasteiger partial charge in [0.1, 0.15) is 5.82 Å². The van der Waals surface area contributed by atoms with Crippen molar-refractivity contribution in [2.24, 2.45) is 0 Å². The Labute approximate surface area is 119 Å². The average Bonchev–Trinajstić information content (AvgIpc) is 2.85. The van der Waals surface area contributed by atoms with Gasteiger partial charge in [-0.3, -0.25) is 4.79 Å². The van der Waals surface area contributed by atoms with E-state index < -0.39 is 5.82 Å². The maximum absolute atomic E-state index is 13.2. The van der Waals surface area contributed by atoms with E-state index >= 15 is 0 Å². The number of carbonyl (C=O) groups excluding carboxylic acids is 1. The molecule has 100 valence electrons. The normalized spacial score (nSPS) is 10.7. The van der Waals surface area contributed by atoms with E-state index in [4.69, 9.17) is 11.6 Å². The van der Waals surface area contributed by atoms with Gasteiger partial charge in [-0.1, -0.05) is 23.7 Å². The molecule has 0 atom stereocenters. The highest BCUT2D eigenvalue weighted by atomic mass is 35.5. The molecule has 3 aromatic rings. The third-order valence-corrected chi connectivity index (χ3v) is 3.17. The van der Waals surface area contributed by atoms with E-state index in [9.17, 15) is 9.18 Å². The second kappa shape index (κ2) is 4.98. The lowest BCUT2D eigenvalue weighted by molar-refractivity contribution is 0.102. The number of rotatable bonds is 2. The molecule has 0 spiro atoms. The largest absolute Gasteiger partial charge is 0.361 e. The monoisotopic (exact) mass is 288 g/mol. The van der Waals surface area contributed by atoms with Gasteiger partial charge in [0.2, 0.25) is 0 Å².